The minimum atomic E-state index is -0.331. The molecule has 21 heavy (non-hydrogen) atoms. The quantitative estimate of drug-likeness (QED) is 0.914. The van der Waals surface area contributed by atoms with Crippen LogP contribution in [0.2, 0.25) is 0 Å². The monoisotopic (exact) mass is 292 g/mol. The van der Waals surface area contributed by atoms with Crippen LogP contribution in [0.1, 0.15) is 26.7 Å². The lowest BCUT2D eigenvalue weighted by Gasteiger charge is -2.38. The van der Waals surface area contributed by atoms with Crippen LogP contribution in [0.4, 0.5) is 11.8 Å². The number of hydrogen-bond donors (Lipinski definition) is 1. The van der Waals surface area contributed by atoms with Crippen molar-refractivity contribution in [3.63, 3.8) is 0 Å². The minimum Gasteiger partial charge on any atom is -0.356 e. The van der Waals surface area contributed by atoms with Crippen LogP contribution in [0.25, 0.3) is 0 Å². The largest absolute Gasteiger partial charge is 0.356 e. The van der Waals surface area contributed by atoms with Crippen molar-refractivity contribution in [1.29, 1.82) is 0 Å². The molecule has 6 nitrogen and oxygen atoms in total. The third-order valence-electron chi connectivity index (χ3n) is 3.97. The van der Waals surface area contributed by atoms with Gasteiger partial charge in [0.15, 0.2) is 5.79 Å². The van der Waals surface area contributed by atoms with Gasteiger partial charge in [0.05, 0.1) is 13.2 Å². The molecule has 0 aromatic carbocycles. The van der Waals surface area contributed by atoms with Crippen molar-refractivity contribution in [3.05, 3.63) is 12.3 Å². The van der Waals surface area contributed by atoms with E-state index in [-0.39, 0.29) is 5.79 Å². The first-order valence-electron chi connectivity index (χ1n) is 7.77. The maximum absolute atomic E-state index is 5.76. The first-order valence-corrected chi connectivity index (χ1v) is 7.77. The Hall–Kier alpha value is -1.40. The second kappa shape index (κ2) is 6.15. The molecule has 1 spiro atoms. The molecular formula is C15H24N4O2. The molecule has 116 valence electrons. The molecule has 2 fully saturated rings. The van der Waals surface area contributed by atoms with Gasteiger partial charge in [-0.15, -0.1) is 0 Å². The molecule has 1 aromatic heterocycles. The number of ether oxygens (including phenoxy) is 2. The van der Waals surface area contributed by atoms with E-state index < -0.39 is 0 Å². The third-order valence-corrected chi connectivity index (χ3v) is 3.97. The Labute approximate surface area is 125 Å². The summed E-state index contributed by atoms with van der Waals surface area (Å²) in [5.74, 6) is 1.92. The summed E-state index contributed by atoms with van der Waals surface area (Å²) in [6, 6.07) is 1.97. The van der Waals surface area contributed by atoms with E-state index in [1.165, 1.54) is 0 Å². The number of hydrogen-bond acceptors (Lipinski definition) is 6. The standard InChI is InChI=1S/C15H24N4O2/c1-12(2)11-17-14-16-6-3-13(18-14)19-7-4-15(5-8-19)20-9-10-21-15/h3,6,12H,4-5,7-11H2,1-2H3,(H,16,17,18). The first kappa shape index (κ1) is 14.5. The van der Waals surface area contributed by atoms with Crippen molar-refractivity contribution >= 4 is 11.8 Å². The molecule has 0 aliphatic carbocycles. The normalized spacial score (nSPS) is 21.2. The second-order valence-corrected chi connectivity index (χ2v) is 6.11. The van der Waals surface area contributed by atoms with Crippen LogP contribution < -0.4 is 10.2 Å². The molecule has 0 radical (unpaired) electrons. The smallest absolute Gasteiger partial charge is 0.224 e. The molecule has 2 saturated heterocycles. The highest BCUT2D eigenvalue weighted by molar-refractivity contribution is 5.43. The van der Waals surface area contributed by atoms with E-state index in [1.54, 1.807) is 0 Å². The van der Waals surface area contributed by atoms with E-state index in [0.29, 0.717) is 11.9 Å². The number of nitrogens with zero attached hydrogens (tertiary/aromatic N) is 3. The second-order valence-electron chi connectivity index (χ2n) is 6.11. The highest BCUT2D eigenvalue weighted by atomic mass is 16.7. The first-order chi connectivity index (χ1) is 10.2. The zero-order valence-electron chi connectivity index (χ0n) is 12.8. The summed E-state index contributed by atoms with van der Waals surface area (Å²) in [5.41, 5.74) is 0. The van der Waals surface area contributed by atoms with Gasteiger partial charge in [0.2, 0.25) is 5.95 Å². The zero-order valence-corrected chi connectivity index (χ0v) is 12.8. The van der Waals surface area contributed by atoms with Gasteiger partial charge in [0, 0.05) is 38.7 Å². The van der Waals surface area contributed by atoms with Crippen LogP contribution >= 0.6 is 0 Å². The summed E-state index contributed by atoms with van der Waals surface area (Å²) in [6.45, 7) is 8.47. The van der Waals surface area contributed by atoms with E-state index in [9.17, 15) is 0 Å². The lowest BCUT2D eigenvalue weighted by molar-refractivity contribution is -0.169. The van der Waals surface area contributed by atoms with Gasteiger partial charge < -0.3 is 19.7 Å². The predicted molar refractivity (Wildman–Crippen MR) is 81.4 cm³/mol. The van der Waals surface area contributed by atoms with E-state index in [1.807, 2.05) is 12.3 Å². The van der Waals surface area contributed by atoms with Gasteiger partial charge >= 0.3 is 0 Å². The number of piperidine rings is 1. The zero-order chi connectivity index (χ0) is 14.7. The highest BCUT2D eigenvalue weighted by Gasteiger charge is 2.40. The van der Waals surface area contributed by atoms with Crippen molar-refractivity contribution in [2.75, 3.05) is 43.1 Å². The Kier molecular flexibility index (Phi) is 4.26. The number of rotatable bonds is 4. The molecule has 0 atom stereocenters. The van der Waals surface area contributed by atoms with Crippen LogP contribution in [0.5, 0.6) is 0 Å². The summed E-state index contributed by atoms with van der Waals surface area (Å²) in [4.78, 5) is 11.2. The predicted octanol–water partition coefficient (Wildman–Crippen LogP) is 1.89. The Bertz CT molecular complexity index is 464. The van der Waals surface area contributed by atoms with Crippen LogP contribution in [-0.2, 0) is 9.47 Å². The molecule has 3 heterocycles. The summed E-state index contributed by atoms with van der Waals surface area (Å²) >= 11 is 0. The van der Waals surface area contributed by atoms with Crippen LogP contribution in [0, 0.1) is 5.92 Å². The average molecular weight is 292 g/mol. The fourth-order valence-electron chi connectivity index (χ4n) is 2.77. The van der Waals surface area contributed by atoms with Gasteiger partial charge in [-0.25, -0.2) is 4.98 Å². The third kappa shape index (κ3) is 3.44. The molecule has 0 amide bonds. The minimum absolute atomic E-state index is 0.331. The van der Waals surface area contributed by atoms with Gasteiger partial charge in [-0.3, -0.25) is 0 Å². The molecule has 3 rings (SSSR count). The summed E-state index contributed by atoms with van der Waals surface area (Å²) in [5, 5.41) is 3.27. The summed E-state index contributed by atoms with van der Waals surface area (Å²) in [7, 11) is 0. The number of nitrogens with one attached hydrogen (secondary N) is 1. The maximum atomic E-state index is 5.76. The van der Waals surface area contributed by atoms with Crippen LogP contribution in [0.15, 0.2) is 12.3 Å². The molecule has 6 heteroatoms. The van der Waals surface area contributed by atoms with Crippen molar-refractivity contribution in [1.82, 2.24) is 9.97 Å². The van der Waals surface area contributed by atoms with Gasteiger partial charge in [0.25, 0.3) is 0 Å². The van der Waals surface area contributed by atoms with Gasteiger partial charge in [-0.2, -0.15) is 4.98 Å². The lowest BCUT2D eigenvalue weighted by Crippen LogP contribution is -2.45. The van der Waals surface area contributed by atoms with E-state index in [2.05, 4.69) is 34.0 Å². The van der Waals surface area contributed by atoms with Crippen LogP contribution in [0.3, 0.4) is 0 Å². The number of aromatic nitrogens is 2. The topological polar surface area (TPSA) is 59.5 Å². The highest BCUT2D eigenvalue weighted by Crippen LogP contribution is 2.32. The van der Waals surface area contributed by atoms with Crippen molar-refractivity contribution in [2.24, 2.45) is 5.92 Å². The number of anilines is 2. The fraction of sp³-hybridized carbons (Fsp3) is 0.733. The Morgan fingerprint density at radius 3 is 2.67 bits per heavy atom. The van der Waals surface area contributed by atoms with E-state index in [4.69, 9.17) is 9.47 Å². The molecule has 2 aliphatic heterocycles. The van der Waals surface area contributed by atoms with Crippen LogP contribution in [-0.4, -0.2) is 48.6 Å². The van der Waals surface area contributed by atoms with Gasteiger partial charge in [-0.1, -0.05) is 13.8 Å². The molecule has 0 unspecified atom stereocenters. The average Bonchev–Trinajstić information content (AvgIpc) is 2.94. The fourth-order valence-corrected chi connectivity index (χ4v) is 2.77. The Morgan fingerprint density at radius 1 is 1.29 bits per heavy atom. The van der Waals surface area contributed by atoms with Gasteiger partial charge in [0.1, 0.15) is 5.82 Å². The molecule has 0 saturated carbocycles. The van der Waals surface area contributed by atoms with E-state index in [0.717, 1.165) is 51.5 Å². The van der Waals surface area contributed by atoms with Crippen molar-refractivity contribution in [2.45, 2.75) is 32.5 Å². The van der Waals surface area contributed by atoms with E-state index >= 15 is 0 Å². The summed E-state index contributed by atoms with van der Waals surface area (Å²) < 4.78 is 11.5. The van der Waals surface area contributed by atoms with Crippen molar-refractivity contribution < 1.29 is 9.47 Å². The van der Waals surface area contributed by atoms with Crippen molar-refractivity contribution in [3.8, 4) is 0 Å². The summed E-state index contributed by atoms with van der Waals surface area (Å²) in [6.07, 6.45) is 3.61. The van der Waals surface area contributed by atoms with Gasteiger partial charge in [-0.05, 0) is 12.0 Å². The molecule has 1 aromatic rings. The molecule has 1 N–H and O–H groups in total. The SMILES string of the molecule is CC(C)CNc1nccc(N2CCC3(CC2)OCCO3)n1. The molecule has 2 aliphatic rings. The lowest BCUT2D eigenvalue weighted by atomic mass is 10.0. The maximum Gasteiger partial charge on any atom is 0.224 e. The Balaban J connectivity index is 1.61. The Morgan fingerprint density at radius 2 is 2.00 bits per heavy atom. The molecule has 0 bridgehead atoms. The molecular weight excluding hydrogens is 268 g/mol.